The normalized spacial score (nSPS) is 24.3. The summed E-state index contributed by atoms with van der Waals surface area (Å²) >= 11 is 0. The Kier molecular flexibility index (Phi) is 4.05. The van der Waals surface area contributed by atoms with Crippen molar-refractivity contribution in [2.75, 3.05) is 0 Å². The lowest BCUT2D eigenvalue weighted by atomic mass is 9.72. The van der Waals surface area contributed by atoms with E-state index in [0.717, 1.165) is 6.42 Å². The van der Waals surface area contributed by atoms with Crippen molar-refractivity contribution in [2.24, 2.45) is 5.92 Å². The second-order valence-electron chi connectivity index (χ2n) is 5.62. The van der Waals surface area contributed by atoms with E-state index < -0.39 is 5.97 Å². The van der Waals surface area contributed by atoms with Gasteiger partial charge in [-0.15, -0.1) is 0 Å². The topological polar surface area (TPSA) is 37.3 Å². The van der Waals surface area contributed by atoms with Crippen molar-refractivity contribution in [3.8, 4) is 0 Å². The molecule has 0 fully saturated rings. The summed E-state index contributed by atoms with van der Waals surface area (Å²) in [6, 6.07) is 8.68. The van der Waals surface area contributed by atoms with E-state index in [2.05, 4.69) is 38.1 Å². The van der Waals surface area contributed by atoms with Gasteiger partial charge in [0, 0.05) is 6.42 Å². The van der Waals surface area contributed by atoms with E-state index in [1.54, 1.807) is 0 Å². The van der Waals surface area contributed by atoms with Crippen LogP contribution in [-0.4, -0.2) is 11.1 Å². The van der Waals surface area contributed by atoms with Crippen molar-refractivity contribution in [1.29, 1.82) is 0 Å². The zero-order chi connectivity index (χ0) is 13.1. The van der Waals surface area contributed by atoms with Gasteiger partial charge in [0.05, 0.1) is 0 Å². The van der Waals surface area contributed by atoms with E-state index in [4.69, 9.17) is 5.11 Å². The molecule has 0 aromatic heterocycles. The molecule has 0 saturated heterocycles. The number of carbonyl (C=O) groups is 1. The Labute approximate surface area is 109 Å². The molecule has 0 heterocycles. The summed E-state index contributed by atoms with van der Waals surface area (Å²) in [5.74, 6) is 0.954. The fraction of sp³-hybridized carbons (Fsp3) is 0.562. The monoisotopic (exact) mass is 246 g/mol. The van der Waals surface area contributed by atoms with Crippen LogP contribution in [0.15, 0.2) is 24.3 Å². The molecule has 1 aliphatic carbocycles. The van der Waals surface area contributed by atoms with Gasteiger partial charge in [0.15, 0.2) is 0 Å². The lowest BCUT2D eigenvalue weighted by Gasteiger charge is -2.33. The average Bonchev–Trinajstić information content (AvgIpc) is 2.37. The number of hydrogen-bond acceptors (Lipinski definition) is 1. The summed E-state index contributed by atoms with van der Waals surface area (Å²) < 4.78 is 0. The molecule has 1 N–H and O–H groups in total. The fourth-order valence-electron chi connectivity index (χ4n) is 3.18. The van der Waals surface area contributed by atoms with E-state index in [1.807, 2.05) is 0 Å². The number of hydrogen-bond donors (Lipinski definition) is 1. The van der Waals surface area contributed by atoms with Crippen LogP contribution in [-0.2, 0) is 4.79 Å². The third-order valence-electron chi connectivity index (χ3n) is 4.34. The van der Waals surface area contributed by atoms with Crippen molar-refractivity contribution in [2.45, 2.75) is 51.4 Å². The molecule has 98 valence electrons. The smallest absolute Gasteiger partial charge is 0.303 e. The Morgan fingerprint density at radius 3 is 2.67 bits per heavy atom. The third-order valence-corrected chi connectivity index (χ3v) is 4.34. The molecule has 0 bridgehead atoms. The Bertz CT molecular complexity index is 425. The number of fused-ring (bicyclic) bond motifs is 1. The van der Waals surface area contributed by atoms with Crippen LogP contribution < -0.4 is 0 Å². The minimum Gasteiger partial charge on any atom is -0.481 e. The molecule has 0 aliphatic heterocycles. The zero-order valence-corrected chi connectivity index (χ0v) is 11.2. The van der Waals surface area contributed by atoms with E-state index >= 15 is 0 Å². The third kappa shape index (κ3) is 2.74. The lowest BCUT2D eigenvalue weighted by molar-refractivity contribution is -0.137. The maximum Gasteiger partial charge on any atom is 0.303 e. The van der Waals surface area contributed by atoms with Crippen molar-refractivity contribution in [3.05, 3.63) is 35.4 Å². The highest BCUT2D eigenvalue weighted by atomic mass is 16.4. The molecule has 2 rings (SSSR count). The predicted octanol–water partition coefficient (Wildman–Crippen LogP) is 4.17. The summed E-state index contributed by atoms with van der Waals surface area (Å²) in [5, 5.41) is 8.80. The van der Waals surface area contributed by atoms with Crippen molar-refractivity contribution in [1.82, 2.24) is 0 Å². The number of carboxylic acid groups (broad SMARTS) is 1. The lowest BCUT2D eigenvalue weighted by Crippen LogP contribution is -2.19. The summed E-state index contributed by atoms with van der Waals surface area (Å²) in [5.41, 5.74) is 2.92. The molecule has 2 nitrogen and oxygen atoms in total. The van der Waals surface area contributed by atoms with Crippen LogP contribution in [0.25, 0.3) is 0 Å². The molecule has 0 amide bonds. The predicted molar refractivity (Wildman–Crippen MR) is 72.9 cm³/mol. The van der Waals surface area contributed by atoms with Gasteiger partial charge in [-0.3, -0.25) is 4.79 Å². The Hall–Kier alpha value is -1.31. The SMILES string of the molecule is CC1CCC(C(C)CCC(=O)O)c2ccccc21. The summed E-state index contributed by atoms with van der Waals surface area (Å²) in [6.45, 7) is 4.48. The first kappa shape index (κ1) is 13.1. The van der Waals surface area contributed by atoms with Crippen LogP contribution in [0.4, 0.5) is 0 Å². The standard InChI is InChI=1S/C16H22O2/c1-11-7-9-14(12(2)8-10-16(17)18)15-6-4-3-5-13(11)15/h3-6,11-12,14H,7-10H2,1-2H3,(H,17,18). The molecule has 2 heteroatoms. The van der Waals surface area contributed by atoms with Gasteiger partial charge in [-0.05, 0) is 48.1 Å². The van der Waals surface area contributed by atoms with Crippen LogP contribution in [0.1, 0.15) is 62.5 Å². The number of aliphatic carboxylic acids is 1. The number of rotatable bonds is 4. The van der Waals surface area contributed by atoms with Crippen molar-refractivity contribution >= 4 is 5.97 Å². The van der Waals surface area contributed by atoms with Gasteiger partial charge in [0.25, 0.3) is 0 Å². The van der Waals surface area contributed by atoms with Gasteiger partial charge in [0.2, 0.25) is 0 Å². The summed E-state index contributed by atoms with van der Waals surface area (Å²) in [4.78, 5) is 10.7. The molecular formula is C16H22O2. The van der Waals surface area contributed by atoms with Gasteiger partial charge < -0.3 is 5.11 Å². The van der Waals surface area contributed by atoms with Crippen LogP contribution >= 0.6 is 0 Å². The second-order valence-corrected chi connectivity index (χ2v) is 5.62. The molecular weight excluding hydrogens is 224 g/mol. The van der Waals surface area contributed by atoms with E-state index in [0.29, 0.717) is 17.8 Å². The average molecular weight is 246 g/mol. The minimum atomic E-state index is -0.681. The Morgan fingerprint density at radius 2 is 2.00 bits per heavy atom. The largest absolute Gasteiger partial charge is 0.481 e. The highest BCUT2D eigenvalue weighted by Crippen LogP contribution is 2.43. The highest BCUT2D eigenvalue weighted by Gasteiger charge is 2.28. The summed E-state index contributed by atoms with van der Waals surface area (Å²) in [7, 11) is 0. The maximum atomic E-state index is 10.7. The molecule has 18 heavy (non-hydrogen) atoms. The zero-order valence-electron chi connectivity index (χ0n) is 11.2. The molecule has 3 atom stereocenters. The van der Waals surface area contributed by atoms with Crippen LogP contribution in [0.2, 0.25) is 0 Å². The minimum absolute atomic E-state index is 0.287. The second kappa shape index (κ2) is 5.55. The molecule has 3 unspecified atom stereocenters. The summed E-state index contributed by atoms with van der Waals surface area (Å²) in [6.07, 6.45) is 3.48. The molecule has 0 spiro atoms. The quantitative estimate of drug-likeness (QED) is 0.865. The van der Waals surface area contributed by atoms with E-state index in [9.17, 15) is 4.79 Å². The van der Waals surface area contributed by atoms with Crippen LogP contribution in [0.3, 0.4) is 0 Å². The Morgan fingerprint density at radius 1 is 1.33 bits per heavy atom. The fourth-order valence-corrected chi connectivity index (χ4v) is 3.18. The van der Waals surface area contributed by atoms with Gasteiger partial charge in [-0.2, -0.15) is 0 Å². The molecule has 1 aromatic rings. The first-order valence-corrected chi connectivity index (χ1v) is 6.90. The molecule has 0 radical (unpaired) electrons. The number of carboxylic acids is 1. The van der Waals surface area contributed by atoms with Gasteiger partial charge in [0.1, 0.15) is 0 Å². The molecule has 0 saturated carbocycles. The van der Waals surface area contributed by atoms with Gasteiger partial charge in [-0.1, -0.05) is 38.1 Å². The molecule has 1 aromatic carbocycles. The van der Waals surface area contributed by atoms with Crippen molar-refractivity contribution in [3.63, 3.8) is 0 Å². The van der Waals surface area contributed by atoms with Crippen LogP contribution in [0, 0.1) is 5.92 Å². The van der Waals surface area contributed by atoms with Gasteiger partial charge in [-0.25, -0.2) is 0 Å². The first-order chi connectivity index (χ1) is 8.59. The highest BCUT2D eigenvalue weighted by molar-refractivity contribution is 5.66. The number of benzene rings is 1. The Balaban J connectivity index is 2.15. The van der Waals surface area contributed by atoms with Crippen LogP contribution in [0.5, 0.6) is 0 Å². The first-order valence-electron chi connectivity index (χ1n) is 6.90. The van der Waals surface area contributed by atoms with E-state index in [-0.39, 0.29) is 6.42 Å². The van der Waals surface area contributed by atoms with E-state index in [1.165, 1.54) is 24.0 Å². The molecule has 1 aliphatic rings. The maximum absolute atomic E-state index is 10.7. The van der Waals surface area contributed by atoms with Crippen molar-refractivity contribution < 1.29 is 9.90 Å². The van der Waals surface area contributed by atoms with Gasteiger partial charge >= 0.3 is 5.97 Å².